The Hall–Kier alpha value is -5.32. The maximum Gasteiger partial charge on any atom is 0.308 e. The van der Waals surface area contributed by atoms with Gasteiger partial charge in [0.1, 0.15) is 11.4 Å². The predicted octanol–water partition coefficient (Wildman–Crippen LogP) is 7.63. The van der Waals surface area contributed by atoms with E-state index in [1.165, 1.54) is 19.3 Å². The minimum absolute atomic E-state index is 0.00294. The number of carbonyl (C=O) groups excluding carboxylic acids is 2. The molecule has 5 aromatic rings. The molecule has 0 unspecified atom stereocenters. The topological polar surface area (TPSA) is 115 Å². The molecular weight excluding hydrogens is 647 g/mol. The summed E-state index contributed by atoms with van der Waals surface area (Å²) in [5.41, 5.74) is 2.77. The molecule has 1 aliphatic heterocycles. The van der Waals surface area contributed by atoms with Gasteiger partial charge in [0.05, 0.1) is 18.4 Å². The first-order valence-electron chi connectivity index (χ1n) is 17.2. The third-order valence-corrected chi connectivity index (χ3v) is 9.91. The minimum atomic E-state index is -0.609. The molecule has 0 aliphatic carbocycles. The SMILES string of the molecule is COC(=O)[C@@H](C)Cc1cccc([C@@]2(C)CCCC(C)(C)CN(C)C(=O)/C=C\c3c(c(F)cc4[nH]ccc34)Oc3ccnc(c3)-c3nc2nn3C)c1. The second-order valence-electron chi connectivity index (χ2n) is 14.6. The number of hydrogen-bond donors (Lipinski definition) is 1. The molecule has 3 aromatic heterocycles. The number of fused-ring (bicyclic) bond motifs is 8. The summed E-state index contributed by atoms with van der Waals surface area (Å²) in [5.74, 6) is 0.197. The molecule has 0 spiro atoms. The fourth-order valence-electron chi connectivity index (χ4n) is 7.07. The molecule has 0 saturated carbocycles. The molecule has 1 N–H and O–H groups in total. The first kappa shape index (κ1) is 35.5. The maximum atomic E-state index is 15.7. The van der Waals surface area contributed by atoms with Gasteiger partial charge in [0.2, 0.25) is 5.91 Å². The summed E-state index contributed by atoms with van der Waals surface area (Å²) in [7, 11) is 5.03. The van der Waals surface area contributed by atoms with E-state index < -0.39 is 11.2 Å². The van der Waals surface area contributed by atoms with Gasteiger partial charge in [0.25, 0.3) is 0 Å². The van der Waals surface area contributed by atoms with Crippen molar-refractivity contribution in [3.05, 3.63) is 95.3 Å². The van der Waals surface area contributed by atoms with Crippen LogP contribution in [0.5, 0.6) is 11.5 Å². The first-order chi connectivity index (χ1) is 24.3. The van der Waals surface area contributed by atoms with E-state index in [2.05, 4.69) is 42.9 Å². The summed E-state index contributed by atoms with van der Waals surface area (Å²) < 4.78 is 28.6. The molecule has 10 nitrogen and oxygen atoms in total. The second-order valence-corrected chi connectivity index (χ2v) is 14.6. The van der Waals surface area contributed by atoms with Crippen molar-refractivity contribution in [1.82, 2.24) is 29.6 Å². The Labute approximate surface area is 297 Å². The summed E-state index contributed by atoms with van der Waals surface area (Å²) in [6.07, 6.45) is 9.34. The van der Waals surface area contributed by atoms with Gasteiger partial charge < -0.3 is 19.4 Å². The van der Waals surface area contributed by atoms with Crippen molar-refractivity contribution in [1.29, 1.82) is 0 Å². The van der Waals surface area contributed by atoms with Gasteiger partial charge in [-0.15, -0.1) is 0 Å². The molecule has 51 heavy (non-hydrogen) atoms. The summed E-state index contributed by atoms with van der Waals surface area (Å²) in [5, 5.41) is 5.68. The van der Waals surface area contributed by atoms with Crippen molar-refractivity contribution in [2.24, 2.45) is 18.4 Å². The third kappa shape index (κ3) is 7.43. The van der Waals surface area contributed by atoms with Crippen LogP contribution in [0.4, 0.5) is 4.39 Å². The van der Waals surface area contributed by atoms with E-state index in [1.807, 2.05) is 32.2 Å². The number of nitrogens with zero attached hydrogens (tertiary/aromatic N) is 5. The Bertz CT molecular complexity index is 2120. The molecule has 4 bridgehead atoms. The van der Waals surface area contributed by atoms with Gasteiger partial charge >= 0.3 is 5.97 Å². The lowest BCUT2D eigenvalue weighted by atomic mass is 9.74. The molecular formula is C40H45FN6O4. The van der Waals surface area contributed by atoms with Gasteiger partial charge in [-0.1, -0.05) is 51.5 Å². The van der Waals surface area contributed by atoms with E-state index in [9.17, 15) is 9.59 Å². The van der Waals surface area contributed by atoms with Crippen molar-refractivity contribution in [2.45, 2.75) is 58.8 Å². The van der Waals surface area contributed by atoms with Gasteiger partial charge in [0.15, 0.2) is 23.2 Å². The second kappa shape index (κ2) is 14.1. The average Bonchev–Trinajstić information content (AvgIpc) is 3.73. The number of aromatic nitrogens is 5. The first-order valence-corrected chi connectivity index (χ1v) is 17.2. The highest BCUT2D eigenvalue weighted by Gasteiger charge is 2.35. The number of aromatic amines is 1. The zero-order valence-electron chi connectivity index (χ0n) is 30.3. The number of amides is 1. The number of methoxy groups -OCH3 is 1. The van der Waals surface area contributed by atoms with Crippen LogP contribution in [0.1, 0.15) is 69.5 Å². The molecule has 266 valence electrons. The number of pyridine rings is 1. The average molecular weight is 693 g/mol. The smallest absolute Gasteiger partial charge is 0.308 e. The van der Waals surface area contributed by atoms with Crippen LogP contribution in [0.15, 0.2) is 67.0 Å². The lowest BCUT2D eigenvalue weighted by molar-refractivity contribution is -0.144. The Balaban J connectivity index is 1.46. The molecule has 2 atom stereocenters. The quantitative estimate of drug-likeness (QED) is 0.193. The van der Waals surface area contributed by atoms with Gasteiger partial charge in [-0.25, -0.2) is 14.1 Å². The van der Waals surface area contributed by atoms with Crippen LogP contribution in [0.3, 0.4) is 0 Å². The van der Waals surface area contributed by atoms with E-state index >= 15 is 4.39 Å². The molecule has 0 radical (unpaired) electrons. The van der Waals surface area contributed by atoms with Crippen LogP contribution in [0.25, 0.3) is 28.5 Å². The summed E-state index contributed by atoms with van der Waals surface area (Å²) in [6, 6.07) is 14.8. The highest BCUT2D eigenvalue weighted by atomic mass is 19.1. The normalized spacial score (nSPS) is 19.3. The monoisotopic (exact) mass is 692 g/mol. The van der Waals surface area contributed by atoms with Gasteiger partial charge in [-0.2, -0.15) is 5.10 Å². The molecule has 4 heterocycles. The lowest BCUT2D eigenvalue weighted by Gasteiger charge is -2.33. The number of halogens is 1. The van der Waals surface area contributed by atoms with Crippen LogP contribution in [0.2, 0.25) is 0 Å². The fourth-order valence-corrected chi connectivity index (χ4v) is 7.07. The number of hydrogen-bond acceptors (Lipinski definition) is 7. The predicted molar refractivity (Wildman–Crippen MR) is 195 cm³/mol. The van der Waals surface area contributed by atoms with E-state index in [-0.39, 0.29) is 29.0 Å². The fraction of sp³-hybridized carbons (Fsp3) is 0.375. The number of ether oxygens (including phenoxy) is 2. The zero-order valence-corrected chi connectivity index (χ0v) is 30.3. The van der Waals surface area contributed by atoms with Crippen LogP contribution in [0, 0.1) is 17.2 Å². The highest BCUT2D eigenvalue weighted by Crippen LogP contribution is 2.40. The molecule has 1 amide bonds. The zero-order chi connectivity index (χ0) is 36.5. The van der Waals surface area contributed by atoms with Crippen LogP contribution in [-0.4, -0.2) is 62.2 Å². The van der Waals surface area contributed by atoms with Gasteiger partial charge in [-0.3, -0.25) is 14.6 Å². The van der Waals surface area contributed by atoms with Crippen molar-refractivity contribution in [3.8, 4) is 23.0 Å². The number of rotatable bonds is 4. The Morgan fingerprint density at radius 2 is 1.90 bits per heavy atom. The standard InChI is InChI=1S/C40H45FN6O4/c1-25(37(49)50-7)20-26-10-8-11-27(21-26)40(4)17-9-16-39(2,3)24-46(5)34(48)13-12-30-29-15-19-42-32(29)23-31(41)35(30)51-28-14-18-43-33(22-28)36-44-38(40)45-47(36)6/h8,10-15,18-19,21-23,25,42H,9,16-17,20,24H2,1-7H3/b13-12-/t25-,40+/m0/s1. The van der Waals surface area contributed by atoms with E-state index in [0.29, 0.717) is 47.1 Å². The van der Waals surface area contributed by atoms with Gasteiger partial charge in [0, 0.05) is 67.7 Å². The molecule has 11 heteroatoms. The number of benzene rings is 2. The lowest BCUT2D eigenvalue weighted by Crippen LogP contribution is -2.35. The number of esters is 1. The van der Waals surface area contributed by atoms with Crippen molar-refractivity contribution >= 4 is 28.9 Å². The molecule has 2 aromatic carbocycles. The number of aryl methyl sites for hydroxylation is 1. The summed E-state index contributed by atoms with van der Waals surface area (Å²) in [4.78, 5) is 40.1. The molecule has 1 aliphatic rings. The van der Waals surface area contributed by atoms with Crippen molar-refractivity contribution in [2.75, 3.05) is 20.7 Å². The van der Waals surface area contributed by atoms with Crippen molar-refractivity contribution in [3.63, 3.8) is 0 Å². The van der Waals surface area contributed by atoms with Crippen LogP contribution < -0.4 is 4.74 Å². The van der Waals surface area contributed by atoms with Crippen LogP contribution >= 0.6 is 0 Å². The maximum absolute atomic E-state index is 15.7. The summed E-state index contributed by atoms with van der Waals surface area (Å²) >= 11 is 0. The van der Waals surface area contributed by atoms with E-state index in [0.717, 1.165) is 35.8 Å². The molecule has 6 rings (SSSR count). The summed E-state index contributed by atoms with van der Waals surface area (Å²) in [6.45, 7) is 8.85. The van der Waals surface area contributed by atoms with Crippen LogP contribution in [-0.2, 0) is 33.2 Å². The number of carbonyl (C=O) groups is 2. The largest absolute Gasteiger partial charge is 0.469 e. The minimum Gasteiger partial charge on any atom is -0.469 e. The Morgan fingerprint density at radius 1 is 1.10 bits per heavy atom. The van der Waals surface area contributed by atoms with Gasteiger partial charge in [-0.05, 0) is 60.9 Å². The number of likely N-dealkylation sites (N-methyl/N-ethyl adjacent to an activating group) is 1. The number of nitrogens with one attached hydrogen (secondary N) is 1. The Kier molecular flexibility index (Phi) is 9.83. The number of H-pyrrole nitrogens is 1. The van der Waals surface area contributed by atoms with E-state index in [1.54, 1.807) is 47.2 Å². The molecule has 0 fully saturated rings. The van der Waals surface area contributed by atoms with Crippen molar-refractivity contribution < 1.29 is 23.5 Å². The molecule has 0 saturated heterocycles. The highest BCUT2D eigenvalue weighted by molar-refractivity contribution is 5.97. The van der Waals surface area contributed by atoms with E-state index in [4.69, 9.17) is 19.6 Å². The Morgan fingerprint density at radius 3 is 2.69 bits per heavy atom. The third-order valence-electron chi connectivity index (χ3n) is 9.91.